The van der Waals surface area contributed by atoms with Crippen molar-refractivity contribution in [2.75, 3.05) is 17.7 Å². The van der Waals surface area contributed by atoms with Crippen LogP contribution in [-0.2, 0) is 7.05 Å². The van der Waals surface area contributed by atoms with Crippen LogP contribution in [0.1, 0.15) is 43.9 Å². The molecule has 210 valence electrons. The average Bonchev–Trinajstić information content (AvgIpc) is 3.77. The Hall–Kier alpha value is -4.67. The van der Waals surface area contributed by atoms with Crippen LogP contribution in [0.4, 0.5) is 26.4 Å². The van der Waals surface area contributed by atoms with Crippen LogP contribution in [0.5, 0.6) is 0 Å². The summed E-state index contributed by atoms with van der Waals surface area (Å²) in [7, 11) is 2.97. The van der Waals surface area contributed by atoms with Crippen molar-refractivity contribution >= 4 is 34.1 Å². The molecule has 1 aliphatic carbocycles. The second-order valence-corrected chi connectivity index (χ2v) is 9.45. The molecular formula is C29H33FN6O4. The molecule has 40 heavy (non-hydrogen) atoms. The van der Waals surface area contributed by atoms with E-state index in [1.165, 1.54) is 39.9 Å². The molecule has 0 aliphatic heterocycles. The van der Waals surface area contributed by atoms with Crippen LogP contribution < -0.4 is 32.8 Å². The number of carbonyl (C=O) groups excluding carboxylic acids is 1. The van der Waals surface area contributed by atoms with Crippen molar-refractivity contribution in [1.29, 1.82) is 0 Å². The normalized spacial score (nSPS) is 12.5. The molecule has 0 unspecified atom stereocenters. The predicted octanol–water partition coefficient (Wildman–Crippen LogP) is 4.46. The van der Waals surface area contributed by atoms with Crippen molar-refractivity contribution in [3.8, 4) is 5.69 Å². The van der Waals surface area contributed by atoms with E-state index in [2.05, 4.69) is 16.0 Å². The second kappa shape index (κ2) is 11.2. The van der Waals surface area contributed by atoms with Crippen LogP contribution in [-0.4, -0.2) is 26.8 Å². The summed E-state index contributed by atoms with van der Waals surface area (Å²) in [5, 5.41) is 8.16. The minimum absolute atomic E-state index is 0.0751. The molecule has 3 N–H and O–H groups in total. The quantitative estimate of drug-likeness (QED) is 0.340. The highest BCUT2D eigenvalue weighted by atomic mass is 19.1. The van der Waals surface area contributed by atoms with Crippen LogP contribution in [0, 0.1) is 19.7 Å². The maximum absolute atomic E-state index is 14.8. The number of aromatic nitrogens is 3. The fourth-order valence-electron chi connectivity index (χ4n) is 4.62. The zero-order valence-corrected chi connectivity index (χ0v) is 23.4. The number of pyridine rings is 1. The van der Waals surface area contributed by atoms with Gasteiger partial charge in [0.2, 0.25) is 0 Å². The Labute approximate surface area is 230 Å². The van der Waals surface area contributed by atoms with E-state index in [0.717, 1.165) is 0 Å². The third-order valence-corrected chi connectivity index (χ3v) is 6.72. The molecule has 0 radical (unpaired) electrons. The van der Waals surface area contributed by atoms with Crippen molar-refractivity contribution in [3.05, 3.63) is 90.6 Å². The minimum atomic E-state index is -0.592. The number of urea groups is 1. The zero-order chi connectivity index (χ0) is 29.3. The van der Waals surface area contributed by atoms with E-state index in [1.807, 2.05) is 13.8 Å². The summed E-state index contributed by atoms with van der Waals surface area (Å²) in [6, 6.07) is 10.4. The van der Waals surface area contributed by atoms with Gasteiger partial charge in [-0.3, -0.25) is 23.3 Å². The van der Waals surface area contributed by atoms with E-state index in [1.54, 1.807) is 44.2 Å². The molecule has 11 heteroatoms. The summed E-state index contributed by atoms with van der Waals surface area (Å²) in [6.45, 7) is 7.30. The van der Waals surface area contributed by atoms with Crippen molar-refractivity contribution in [1.82, 2.24) is 19.0 Å². The molecule has 2 aromatic carbocycles. The lowest BCUT2D eigenvalue weighted by Gasteiger charge is -2.21. The summed E-state index contributed by atoms with van der Waals surface area (Å²) in [6.07, 6.45) is 1.33. The van der Waals surface area contributed by atoms with Gasteiger partial charge in [0, 0.05) is 31.4 Å². The number of rotatable bonds is 5. The second-order valence-electron chi connectivity index (χ2n) is 9.45. The van der Waals surface area contributed by atoms with Crippen molar-refractivity contribution in [2.45, 2.75) is 46.6 Å². The molecule has 10 nitrogen and oxygen atoms in total. The van der Waals surface area contributed by atoms with Gasteiger partial charge in [-0.25, -0.2) is 14.0 Å². The van der Waals surface area contributed by atoms with Gasteiger partial charge in [-0.05, 0) is 62.6 Å². The molecule has 5 rings (SSSR count). The van der Waals surface area contributed by atoms with E-state index >= 15 is 0 Å². The lowest BCUT2D eigenvalue weighted by Crippen LogP contribution is -2.41. The van der Waals surface area contributed by atoms with Gasteiger partial charge in [0.1, 0.15) is 17.0 Å². The van der Waals surface area contributed by atoms with Crippen molar-refractivity contribution in [3.63, 3.8) is 0 Å². The van der Waals surface area contributed by atoms with E-state index in [0.29, 0.717) is 29.8 Å². The summed E-state index contributed by atoms with van der Waals surface area (Å²) in [5.41, 5.74) is 0.256. The molecular weight excluding hydrogens is 515 g/mol. The fraction of sp³-hybridized carbons (Fsp3) is 0.310. The number of benzene rings is 2. The number of hydrogen-bond acceptors (Lipinski definition) is 5. The number of anilines is 3. The zero-order valence-electron chi connectivity index (χ0n) is 23.4. The maximum Gasteiger partial charge on any atom is 0.336 e. The smallest absolute Gasteiger partial charge is 0.336 e. The molecule has 2 amide bonds. The highest BCUT2D eigenvalue weighted by Crippen LogP contribution is 2.34. The number of aryl methyl sites for hydroxylation is 2. The van der Waals surface area contributed by atoms with Crippen molar-refractivity contribution < 1.29 is 9.18 Å². The third kappa shape index (κ3) is 5.02. The lowest BCUT2D eigenvalue weighted by atomic mass is 10.1. The Morgan fingerprint density at radius 1 is 1.00 bits per heavy atom. The van der Waals surface area contributed by atoms with E-state index in [-0.39, 0.29) is 34.0 Å². The number of halogens is 1. The highest BCUT2D eigenvalue weighted by molar-refractivity contribution is 5.94. The van der Waals surface area contributed by atoms with Crippen LogP contribution in [0.15, 0.2) is 56.8 Å². The van der Waals surface area contributed by atoms with Gasteiger partial charge in [-0.1, -0.05) is 26.0 Å². The number of hydrogen-bond donors (Lipinski definition) is 3. The first kappa shape index (κ1) is 28.3. The van der Waals surface area contributed by atoms with Gasteiger partial charge in [-0.15, -0.1) is 0 Å². The van der Waals surface area contributed by atoms with E-state index in [9.17, 15) is 23.6 Å². The Bertz CT molecular complexity index is 1800. The third-order valence-electron chi connectivity index (χ3n) is 6.72. The summed E-state index contributed by atoms with van der Waals surface area (Å²) in [4.78, 5) is 52.9. The Morgan fingerprint density at radius 2 is 1.70 bits per heavy atom. The molecule has 1 aliphatic rings. The van der Waals surface area contributed by atoms with Gasteiger partial charge in [0.25, 0.3) is 11.1 Å². The van der Waals surface area contributed by atoms with Crippen LogP contribution in [0.25, 0.3) is 16.6 Å². The number of nitrogens with one attached hydrogen (secondary N) is 3. The first-order valence-corrected chi connectivity index (χ1v) is 13.2. The molecule has 0 spiro atoms. The largest absolute Gasteiger partial charge is 0.341 e. The average molecular weight is 549 g/mol. The monoisotopic (exact) mass is 548 g/mol. The predicted molar refractivity (Wildman–Crippen MR) is 156 cm³/mol. The van der Waals surface area contributed by atoms with Crippen LogP contribution in [0.2, 0.25) is 0 Å². The van der Waals surface area contributed by atoms with Gasteiger partial charge < -0.3 is 16.0 Å². The molecule has 0 bridgehead atoms. The Kier molecular flexibility index (Phi) is 7.94. The summed E-state index contributed by atoms with van der Waals surface area (Å²) < 4.78 is 18.6. The number of carbonyl (C=O) groups is 1. The molecule has 1 saturated carbocycles. The van der Waals surface area contributed by atoms with E-state index < -0.39 is 28.7 Å². The van der Waals surface area contributed by atoms with Gasteiger partial charge >= 0.3 is 11.7 Å². The Balaban J connectivity index is 0.00000181. The molecule has 2 aromatic heterocycles. The minimum Gasteiger partial charge on any atom is -0.341 e. The lowest BCUT2D eigenvalue weighted by molar-refractivity contribution is 0.254. The first-order chi connectivity index (χ1) is 19.1. The van der Waals surface area contributed by atoms with Crippen LogP contribution in [0.3, 0.4) is 0 Å². The van der Waals surface area contributed by atoms with E-state index in [4.69, 9.17) is 0 Å². The summed E-state index contributed by atoms with van der Waals surface area (Å²) in [5.74, 6) is -0.471. The molecule has 1 fully saturated rings. The topological polar surface area (TPSA) is 119 Å². The molecule has 2 heterocycles. The number of amides is 2. The molecule has 0 saturated heterocycles. The van der Waals surface area contributed by atoms with Gasteiger partial charge in [0.05, 0.1) is 16.9 Å². The first-order valence-electron chi connectivity index (χ1n) is 13.2. The molecule has 4 aromatic rings. The Morgan fingerprint density at radius 3 is 2.33 bits per heavy atom. The standard InChI is InChI=1S/C27H27FN6O4.C2H6/c1-14-8-11-20(19(28)12-14)31-23-21-22(15(2)24(35)32(23)4)33(27(38)34(25(21)36)17-9-10-17)18-7-5-6-16(13-18)30-26(37)29-3;1-2/h5-8,11-13,17,31H,9-10H2,1-4H3,(H2,29,30,37);1-2H3. The summed E-state index contributed by atoms with van der Waals surface area (Å²) >= 11 is 0. The van der Waals surface area contributed by atoms with Crippen molar-refractivity contribution in [2.24, 2.45) is 7.05 Å². The molecule has 0 atom stereocenters. The maximum atomic E-state index is 14.8. The SMILES string of the molecule is CC.CNC(=O)Nc1cccc(-n2c(=O)n(C3CC3)c(=O)c3c(Nc4ccc(C)cc4F)n(C)c(=O)c(C)c32)c1. The van der Waals surface area contributed by atoms with Gasteiger partial charge in [-0.2, -0.15) is 0 Å². The fourth-order valence-corrected chi connectivity index (χ4v) is 4.62. The highest BCUT2D eigenvalue weighted by Gasteiger charge is 2.31. The number of fused-ring (bicyclic) bond motifs is 1. The van der Waals surface area contributed by atoms with Gasteiger partial charge in [0.15, 0.2) is 0 Å². The van der Waals surface area contributed by atoms with Crippen LogP contribution >= 0.6 is 0 Å². The number of nitrogens with zero attached hydrogens (tertiary/aromatic N) is 3.